The van der Waals surface area contributed by atoms with E-state index in [2.05, 4.69) is 55.4 Å². The van der Waals surface area contributed by atoms with Crippen LogP contribution in [-0.2, 0) is 13.3 Å². The quantitative estimate of drug-likeness (QED) is 0.337. The summed E-state index contributed by atoms with van der Waals surface area (Å²) in [6.07, 6.45) is 9.77. The lowest BCUT2D eigenvalue weighted by molar-refractivity contribution is -0.180. The molecule has 3 aliphatic rings. The molecule has 0 spiro atoms. The fraction of sp³-hybridized carbons (Fsp3) is 1.00. The van der Waals surface area contributed by atoms with Gasteiger partial charge in [-0.15, -0.1) is 0 Å². The van der Waals surface area contributed by atoms with Gasteiger partial charge in [-0.3, -0.25) is 0 Å². The van der Waals surface area contributed by atoms with Crippen LogP contribution in [-0.4, -0.2) is 28.6 Å². The largest absolute Gasteiger partial charge is 0.500 e. The van der Waals surface area contributed by atoms with Crippen molar-refractivity contribution < 1.29 is 13.3 Å². The molecule has 4 heteroatoms. The van der Waals surface area contributed by atoms with E-state index in [0.717, 1.165) is 41.6 Å². The molecule has 3 saturated carbocycles. The Morgan fingerprint density at radius 2 is 1.42 bits per heavy atom. The summed E-state index contributed by atoms with van der Waals surface area (Å²) in [6.45, 7) is 21.2. The normalized spacial score (nSPS) is 43.4. The minimum Gasteiger partial charge on any atom is -0.374 e. The average Bonchev–Trinajstić information content (AvgIpc) is 2.70. The maximum atomic E-state index is 6.34. The molecule has 0 heterocycles. The van der Waals surface area contributed by atoms with E-state index in [0.29, 0.717) is 30.7 Å². The molecule has 8 unspecified atom stereocenters. The van der Waals surface area contributed by atoms with Crippen LogP contribution in [0.5, 0.6) is 0 Å². The summed E-state index contributed by atoms with van der Waals surface area (Å²) in [7, 11) is -2.62. The highest BCUT2D eigenvalue weighted by atomic mass is 28.4. The highest BCUT2D eigenvalue weighted by molar-refractivity contribution is 6.60. The van der Waals surface area contributed by atoms with Crippen molar-refractivity contribution in [1.82, 2.24) is 0 Å². The molecule has 0 saturated heterocycles. The Balaban J connectivity index is 2.01. The van der Waals surface area contributed by atoms with Gasteiger partial charge in [0.15, 0.2) is 0 Å². The molecule has 0 aromatic carbocycles. The molecule has 0 amide bonds. The van der Waals surface area contributed by atoms with Gasteiger partial charge in [0, 0.05) is 25.9 Å². The van der Waals surface area contributed by atoms with Crippen molar-refractivity contribution in [2.24, 2.45) is 46.3 Å². The van der Waals surface area contributed by atoms with Crippen LogP contribution < -0.4 is 0 Å². The Labute approximate surface area is 194 Å². The van der Waals surface area contributed by atoms with Crippen LogP contribution >= 0.6 is 0 Å². The minimum absolute atomic E-state index is 0.418. The van der Waals surface area contributed by atoms with Crippen LogP contribution in [0.15, 0.2) is 0 Å². The molecule has 3 fully saturated rings. The van der Waals surface area contributed by atoms with Gasteiger partial charge in [-0.25, -0.2) is 0 Å². The first-order valence-corrected chi connectivity index (χ1v) is 15.5. The van der Waals surface area contributed by atoms with E-state index in [4.69, 9.17) is 13.3 Å². The van der Waals surface area contributed by atoms with Crippen molar-refractivity contribution in [1.29, 1.82) is 0 Å². The van der Waals surface area contributed by atoms with Crippen LogP contribution in [0.3, 0.4) is 0 Å². The average molecular weight is 453 g/mol. The van der Waals surface area contributed by atoms with Crippen molar-refractivity contribution in [3.05, 3.63) is 0 Å². The Hall–Kier alpha value is 0.0969. The van der Waals surface area contributed by atoms with Gasteiger partial charge < -0.3 is 13.3 Å². The van der Waals surface area contributed by atoms with Gasteiger partial charge >= 0.3 is 8.80 Å². The van der Waals surface area contributed by atoms with Crippen LogP contribution in [0.2, 0.25) is 6.04 Å². The summed E-state index contributed by atoms with van der Waals surface area (Å²) in [5, 5.41) is 0. The van der Waals surface area contributed by atoms with Gasteiger partial charge in [-0.1, -0.05) is 47.5 Å². The second kappa shape index (κ2) is 10.2. The molecule has 0 N–H and O–H groups in total. The molecule has 8 atom stereocenters. The number of hydrogen-bond acceptors (Lipinski definition) is 3. The fourth-order valence-electron chi connectivity index (χ4n) is 9.07. The first-order valence-electron chi connectivity index (χ1n) is 13.6. The SMILES string of the molecule is CCO[Si](CCC12CC(C)C(C)C(C)C1C(C)CC1(C)CCCCC12)(OCC)OCC. The van der Waals surface area contributed by atoms with Crippen molar-refractivity contribution in [3.63, 3.8) is 0 Å². The molecular formula is C27H52O3Si. The van der Waals surface area contributed by atoms with Crippen LogP contribution in [0.25, 0.3) is 0 Å². The van der Waals surface area contributed by atoms with Gasteiger partial charge in [-0.2, -0.15) is 0 Å². The molecule has 0 bridgehead atoms. The lowest BCUT2D eigenvalue weighted by Crippen LogP contribution is -2.61. The van der Waals surface area contributed by atoms with E-state index in [9.17, 15) is 0 Å². The fourth-order valence-corrected chi connectivity index (χ4v) is 11.8. The zero-order chi connectivity index (χ0) is 22.9. The van der Waals surface area contributed by atoms with Crippen LogP contribution in [0.1, 0.15) is 100 Å². The second-order valence-electron chi connectivity index (χ2n) is 11.8. The second-order valence-corrected chi connectivity index (χ2v) is 14.5. The van der Waals surface area contributed by atoms with E-state index in [-0.39, 0.29) is 0 Å². The molecule has 0 aliphatic heterocycles. The number of hydrogen-bond donors (Lipinski definition) is 0. The lowest BCUT2D eigenvalue weighted by atomic mass is 9.38. The molecule has 31 heavy (non-hydrogen) atoms. The maximum Gasteiger partial charge on any atom is 0.500 e. The van der Waals surface area contributed by atoms with Crippen LogP contribution in [0.4, 0.5) is 0 Å². The van der Waals surface area contributed by atoms with Gasteiger partial charge in [-0.05, 0) is 99.2 Å². The van der Waals surface area contributed by atoms with E-state index in [1.54, 1.807) is 0 Å². The smallest absolute Gasteiger partial charge is 0.374 e. The topological polar surface area (TPSA) is 27.7 Å². The van der Waals surface area contributed by atoms with E-state index in [1.807, 2.05) is 0 Å². The monoisotopic (exact) mass is 452 g/mol. The van der Waals surface area contributed by atoms with Gasteiger partial charge in [0.25, 0.3) is 0 Å². The molecule has 182 valence electrons. The maximum absolute atomic E-state index is 6.34. The first-order chi connectivity index (χ1) is 14.7. The molecule has 0 aromatic heterocycles. The third-order valence-electron chi connectivity index (χ3n) is 10.1. The summed E-state index contributed by atoms with van der Waals surface area (Å²) in [5.74, 6) is 4.90. The Morgan fingerprint density at radius 1 is 0.806 bits per heavy atom. The van der Waals surface area contributed by atoms with Gasteiger partial charge in [0.1, 0.15) is 0 Å². The molecule has 3 aliphatic carbocycles. The summed E-state index contributed by atoms with van der Waals surface area (Å²) in [4.78, 5) is 0. The highest BCUT2D eigenvalue weighted by Gasteiger charge is 2.63. The Morgan fingerprint density at radius 3 is 2.00 bits per heavy atom. The van der Waals surface area contributed by atoms with Gasteiger partial charge in [0.2, 0.25) is 0 Å². The third kappa shape index (κ3) is 4.70. The molecule has 0 aromatic rings. The van der Waals surface area contributed by atoms with Gasteiger partial charge in [0.05, 0.1) is 0 Å². The third-order valence-corrected chi connectivity index (χ3v) is 13.1. The standard InChI is InChI=1S/C27H52O3Si/c1-9-28-31(29-10-2,30-11-3)17-16-27-19-20(4)22(6)23(7)25(27)21(5)18-26(8)15-13-12-14-24(26)27/h20-25H,9-19H2,1-8H3. The van der Waals surface area contributed by atoms with Crippen LogP contribution in [0, 0.1) is 46.3 Å². The zero-order valence-electron chi connectivity index (χ0n) is 22.0. The summed E-state index contributed by atoms with van der Waals surface area (Å²) >= 11 is 0. The predicted molar refractivity (Wildman–Crippen MR) is 132 cm³/mol. The first kappa shape index (κ1) is 25.7. The minimum atomic E-state index is -2.62. The van der Waals surface area contributed by atoms with E-state index in [1.165, 1.54) is 44.9 Å². The summed E-state index contributed by atoms with van der Waals surface area (Å²) < 4.78 is 19.0. The number of rotatable bonds is 9. The molecule has 3 rings (SSSR count). The Bertz CT molecular complexity index is 562. The molecular weight excluding hydrogens is 400 g/mol. The predicted octanol–water partition coefficient (Wildman–Crippen LogP) is 7.58. The Kier molecular flexibility index (Phi) is 8.42. The van der Waals surface area contributed by atoms with E-state index < -0.39 is 8.80 Å². The lowest BCUT2D eigenvalue weighted by Gasteiger charge is -2.67. The van der Waals surface area contributed by atoms with Crippen molar-refractivity contribution in [3.8, 4) is 0 Å². The van der Waals surface area contributed by atoms with Crippen molar-refractivity contribution >= 4 is 8.80 Å². The molecule has 0 radical (unpaired) electrons. The van der Waals surface area contributed by atoms with Crippen molar-refractivity contribution in [2.45, 2.75) is 106 Å². The zero-order valence-corrected chi connectivity index (χ0v) is 23.0. The van der Waals surface area contributed by atoms with E-state index >= 15 is 0 Å². The molecule has 3 nitrogen and oxygen atoms in total. The number of fused-ring (bicyclic) bond motifs is 3. The highest BCUT2D eigenvalue weighted by Crippen LogP contribution is 2.69. The van der Waals surface area contributed by atoms with Crippen molar-refractivity contribution in [2.75, 3.05) is 19.8 Å². The summed E-state index contributed by atoms with van der Waals surface area (Å²) in [6, 6.07) is 0.992. The summed E-state index contributed by atoms with van der Waals surface area (Å²) in [5.41, 5.74) is 0.934.